The number of hydrogen-bond acceptors (Lipinski definition) is 3. The summed E-state index contributed by atoms with van der Waals surface area (Å²) in [6, 6.07) is 28.8. The van der Waals surface area contributed by atoms with E-state index in [4.69, 9.17) is 4.74 Å². The molecule has 1 aliphatic heterocycles. The molecule has 4 nitrogen and oxygen atoms in total. The van der Waals surface area contributed by atoms with E-state index in [-0.39, 0.29) is 18.4 Å². The molecule has 1 aliphatic rings. The van der Waals surface area contributed by atoms with E-state index < -0.39 is 6.10 Å². The van der Waals surface area contributed by atoms with Crippen LogP contribution >= 0.6 is 12.4 Å². The third-order valence-electron chi connectivity index (χ3n) is 6.64. The molecule has 5 rings (SSSR count). The molecule has 0 unspecified atom stereocenters. The number of aliphatic hydroxyl groups is 1. The molecule has 3 aromatic carbocycles. The maximum Gasteiger partial charge on any atom is 0.120 e. The highest BCUT2D eigenvalue weighted by Gasteiger charge is 2.26. The predicted molar refractivity (Wildman–Crippen MR) is 141 cm³/mol. The molecule has 1 N–H and O–H groups in total. The Kier molecular flexibility index (Phi) is 8.28. The van der Waals surface area contributed by atoms with E-state index in [1.807, 2.05) is 30.3 Å². The average molecular weight is 477 g/mol. The first-order valence-corrected chi connectivity index (χ1v) is 12.0. The van der Waals surface area contributed by atoms with Crippen LogP contribution in [0.25, 0.3) is 10.9 Å². The van der Waals surface area contributed by atoms with Crippen LogP contribution in [0.15, 0.2) is 91.1 Å². The first-order chi connectivity index (χ1) is 16.3. The Morgan fingerprint density at radius 2 is 1.53 bits per heavy atom. The Morgan fingerprint density at radius 1 is 0.824 bits per heavy atom. The zero-order chi connectivity index (χ0) is 22.5. The topological polar surface area (TPSA) is 37.6 Å². The summed E-state index contributed by atoms with van der Waals surface area (Å²) < 4.78 is 8.26. The van der Waals surface area contributed by atoms with E-state index in [1.165, 1.54) is 19.3 Å². The summed E-state index contributed by atoms with van der Waals surface area (Å²) in [4.78, 5) is 2.41. The number of β-amino-alcohol motifs (C(OH)–C–C–N with tert-alkyl or cyclic N) is 1. The highest BCUT2D eigenvalue weighted by atomic mass is 35.5. The minimum absolute atomic E-state index is 0. The van der Waals surface area contributed by atoms with Crippen molar-refractivity contribution in [2.24, 2.45) is 0 Å². The van der Waals surface area contributed by atoms with Gasteiger partial charge in [0.05, 0.1) is 12.1 Å². The number of nitrogens with zero attached hydrogens (tertiary/aromatic N) is 2. The molecule has 0 radical (unpaired) electrons. The summed E-state index contributed by atoms with van der Waals surface area (Å²) in [5.41, 5.74) is 3.39. The number of piperidine rings is 1. The van der Waals surface area contributed by atoms with Crippen LogP contribution in [-0.4, -0.2) is 40.3 Å². The Morgan fingerprint density at radius 3 is 2.26 bits per heavy atom. The van der Waals surface area contributed by atoms with Gasteiger partial charge >= 0.3 is 0 Å². The van der Waals surface area contributed by atoms with E-state index in [1.54, 1.807) is 0 Å². The molecule has 34 heavy (non-hydrogen) atoms. The lowest BCUT2D eigenvalue weighted by Crippen LogP contribution is -2.40. The van der Waals surface area contributed by atoms with E-state index >= 15 is 0 Å². The van der Waals surface area contributed by atoms with Gasteiger partial charge in [0.15, 0.2) is 0 Å². The van der Waals surface area contributed by atoms with Gasteiger partial charge in [-0.15, -0.1) is 12.4 Å². The number of rotatable bonds is 8. The molecule has 1 fully saturated rings. The van der Waals surface area contributed by atoms with Gasteiger partial charge in [0.25, 0.3) is 0 Å². The van der Waals surface area contributed by atoms with Gasteiger partial charge in [-0.1, -0.05) is 67.1 Å². The lowest BCUT2D eigenvalue weighted by molar-refractivity contribution is 0.0737. The molecule has 2 heterocycles. The first kappa shape index (κ1) is 24.3. The van der Waals surface area contributed by atoms with E-state index in [0.717, 1.165) is 40.9 Å². The van der Waals surface area contributed by atoms with Gasteiger partial charge in [0.1, 0.15) is 12.4 Å². The standard InChI is InChI=1S/C29H32N2O2.ClH/c32-28(21-30-17-8-3-9-18-30)29(24-12-6-2-7-13-24)31-19-16-25-20-26(14-15-27(25)31)33-22-23-10-4-1-5-11-23;/h1-2,4-7,10-16,19-20,28-29,32H,3,8-9,17-18,21-22H2;1H/t28-,29+;/m1./s1. The number of ether oxygens (including phenoxy) is 1. The van der Waals surface area contributed by atoms with Crippen LogP contribution in [0.3, 0.4) is 0 Å². The fourth-order valence-corrected chi connectivity index (χ4v) is 4.94. The number of fused-ring (bicyclic) bond motifs is 1. The number of aliphatic hydroxyl groups excluding tert-OH is 1. The van der Waals surface area contributed by atoms with Crippen LogP contribution in [-0.2, 0) is 6.61 Å². The largest absolute Gasteiger partial charge is 0.489 e. The van der Waals surface area contributed by atoms with Crippen LogP contribution < -0.4 is 4.74 Å². The van der Waals surface area contributed by atoms with Gasteiger partial charge < -0.3 is 19.3 Å². The molecule has 0 spiro atoms. The fourth-order valence-electron chi connectivity index (χ4n) is 4.94. The first-order valence-electron chi connectivity index (χ1n) is 12.0. The number of aromatic nitrogens is 1. The second-order valence-electron chi connectivity index (χ2n) is 9.00. The summed E-state index contributed by atoms with van der Waals surface area (Å²) >= 11 is 0. The van der Waals surface area contributed by atoms with E-state index in [9.17, 15) is 5.11 Å². The van der Waals surface area contributed by atoms with Gasteiger partial charge in [0, 0.05) is 23.6 Å². The van der Waals surface area contributed by atoms with Crippen LogP contribution in [0.1, 0.15) is 36.4 Å². The van der Waals surface area contributed by atoms with Crippen LogP contribution in [0.5, 0.6) is 5.75 Å². The molecular weight excluding hydrogens is 444 g/mol. The predicted octanol–water partition coefficient (Wildman–Crippen LogP) is 6.08. The smallest absolute Gasteiger partial charge is 0.120 e. The molecule has 178 valence electrons. The number of benzene rings is 3. The molecule has 2 atom stereocenters. The second-order valence-corrected chi connectivity index (χ2v) is 9.00. The highest BCUT2D eigenvalue weighted by Crippen LogP contribution is 2.31. The summed E-state index contributed by atoms with van der Waals surface area (Å²) in [6.45, 7) is 3.39. The molecule has 0 saturated carbocycles. The molecule has 0 aliphatic carbocycles. The maximum absolute atomic E-state index is 11.4. The third-order valence-corrected chi connectivity index (χ3v) is 6.64. The SMILES string of the molecule is Cl.O[C@H](CN1CCCCC1)[C@H](c1ccccc1)n1ccc2cc(OCc3ccccc3)ccc21. The fraction of sp³-hybridized carbons (Fsp3) is 0.310. The quantitative estimate of drug-likeness (QED) is 0.335. The van der Waals surface area contributed by atoms with E-state index in [0.29, 0.717) is 13.2 Å². The maximum atomic E-state index is 11.4. The van der Waals surface area contributed by atoms with Crippen molar-refractivity contribution in [3.05, 3.63) is 102 Å². The molecule has 1 saturated heterocycles. The Balaban J connectivity index is 0.00000274. The van der Waals surface area contributed by atoms with Crippen molar-refractivity contribution in [1.82, 2.24) is 9.47 Å². The number of halogens is 1. The monoisotopic (exact) mass is 476 g/mol. The van der Waals surface area contributed by atoms with Crippen molar-refractivity contribution in [1.29, 1.82) is 0 Å². The van der Waals surface area contributed by atoms with Crippen LogP contribution in [0.4, 0.5) is 0 Å². The van der Waals surface area contributed by atoms with Gasteiger partial charge in [-0.3, -0.25) is 0 Å². The Hall–Kier alpha value is -2.79. The van der Waals surface area contributed by atoms with Crippen LogP contribution in [0.2, 0.25) is 0 Å². The number of likely N-dealkylation sites (tertiary alicyclic amines) is 1. The highest BCUT2D eigenvalue weighted by molar-refractivity contribution is 5.85. The lowest BCUT2D eigenvalue weighted by Gasteiger charge is -2.33. The van der Waals surface area contributed by atoms with Crippen molar-refractivity contribution in [2.45, 2.75) is 38.0 Å². The Bertz CT molecular complexity index is 1160. The van der Waals surface area contributed by atoms with Crippen molar-refractivity contribution >= 4 is 23.3 Å². The zero-order valence-corrected chi connectivity index (χ0v) is 20.2. The summed E-state index contributed by atoms with van der Waals surface area (Å²) in [6.07, 6.45) is 5.35. The van der Waals surface area contributed by atoms with Gasteiger partial charge in [-0.05, 0) is 61.3 Å². The minimum Gasteiger partial charge on any atom is -0.489 e. The number of hydrogen-bond donors (Lipinski definition) is 1. The van der Waals surface area contributed by atoms with Crippen LogP contribution in [0, 0.1) is 0 Å². The molecule has 5 heteroatoms. The third kappa shape index (κ3) is 5.64. The van der Waals surface area contributed by atoms with Crippen molar-refractivity contribution in [3.63, 3.8) is 0 Å². The average Bonchev–Trinajstić information content (AvgIpc) is 3.28. The molecule has 0 amide bonds. The lowest BCUT2D eigenvalue weighted by atomic mass is 9.99. The van der Waals surface area contributed by atoms with Gasteiger partial charge in [0.2, 0.25) is 0 Å². The molecular formula is C29H33ClN2O2. The molecule has 1 aromatic heterocycles. The zero-order valence-electron chi connectivity index (χ0n) is 19.4. The normalized spacial score (nSPS) is 16.0. The van der Waals surface area contributed by atoms with Gasteiger partial charge in [-0.25, -0.2) is 0 Å². The summed E-state index contributed by atoms with van der Waals surface area (Å²) in [5, 5.41) is 12.5. The van der Waals surface area contributed by atoms with Crippen molar-refractivity contribution < 1.29 is 9.84 Å². The van der Waals surface area contributed by atoms with Crippen molar-refractivity contribution in [2.75, 3.05) is 19.6 Å². The summed E-state index contributed by atoms with van der Waals surface area (Å²) in [7, 11) is 0. The molecule has 0 bridgehead atoms. The van der Waals surface area contributed by atoms with Gasteiger partial charge in [-0.2, -0.15) is 0 Å². The summed E-state index contributed by atoms with van der Waals surface area (Å²) in [5.74, 6) is 0.856. The van der Waals surface area contributed by atoms with Crippen molar-refractivity contribution in [3.8, 4) is 5.75 Å². The minimum atomic E-state index is -0.491. The second kappa shape index (κ2) is 11.6. The Labute approximate surface area is 208 Å². The van der Waals surface area contributed by atoms with E-state index in [2.05, 4.69) is 70.3 Å². The molecule has 4 aromatic rings.